The molecule has 0 N–H and O–H groups in total. The van der Waals surface area contributed by atoms with Crippen molar-refractivity contribution in [2.75, 3.05) is 38.7 Å². The summed E-state index contributed by atoms with van der Waals surface area (Å²) in [5, 5.41) is 2.10. The summed E-state index contributed by atoms with van der Waals surface area (Å²) in [7, 11) is 3.95. The van der Waals surface area contributed by atoms with Gasteiger partial charge in [0.05, 0.1) is 17.8 Å². The summed E-state index contributed by atoms with van der Waals surface area (Å²) < 4.78 is 5.92. The molecule has 1 aliphatic rings. The number of anilines is 1. The SMILES string of the molecule is CN(C)c1nccnc1[C@@H]1CN(Cc2cscn2)CCO1. The molecule has 3 rings (SSSR count). The Bertz CT molecular complexity index is 575. The zero-order chi connectivity index (χ0) is 14.7. The first-order valence-corrected chi connectivity index (χ1v) is 7.87. The van der Waals surface area contributed by atoms with E-state index in [4.69, 9.17) is 4.74 Å². The highest BCUT2D eigenvalue weighted by molar-refractivity contribution is 7.07. The molecule has 2 aromatic rings. The summed E-state index contributed by atoms with van der Waals surface area (Å²) in [4.78, 5) is 17.6. The third kappa shape index (κ3) is 3.37. The van der Waals surface area contributed by atoms with Crippen LogP contribution < -0.4 is 4.90 Å². The van der Waals surface area contributed by atoms with E-state index < -0.39 is 0 Å². The van der Waals surface area contributed by atoms with E-state index in [1.54, 1.807) is 23.7 Å². The van der Waals surface area contributed by atoms with Crippen molar-refractivity contribution in [3.8, 4) is 0 Å². The Balaban J connectivity index is 1.74. The first-order valence-electron chi connectivity index (χ1n) is 6.93. The maximum atomic E-state index is 5.92. The summed E-state index contributed by atoms with van der Waals surface area (Å²) in [5.74, 6) is 0.873. The summed E-state index contributed by atoms with van der Waals surface area (Å²) in [5.41, 5.74) is 3.90. The van der Waals surface area contributed by atoms with Crippen molar-refractivity contribution in [2.45, 2.75) is 12.6 Å². The highest BCUT2D eigenvalue weighted by Gasteiger charge is 2.26. The zero-order valence-electron chi connectivity index (χ0n) is 12.3. The molecule has 3 heterocycles. The maximum Gasteiger partial charge on any atom is 0.152 e. The molecule has 0 aromatic carbocycles. The van der Waals surface area contributed by atoms with E-state index >= 15 is 0 Å². The molecule has 0 radical (unpaired) electrons. The Kier molecular flexibility index (Phi) is 4.42. The van der Waals surface area contributed by atoms with Gasteiger partial charge in [0.25, 0.3) is 0 Å². The molecule has 0 bridgehead atoms. The van der Waals surface area contributed by atoms with Crippen LogP contribution in [0.3, 0.4) is 0 Å². The van der Waals surface area contributed by atoms with Crippen LogP contribution in [0, 0.1) is 0 Å². The predicted molar refractivity (Wildman–Crippen MR) is 82.4 cm³/mol. The van der Waals surface area contributed by atoms with Crippen molar-refractivity contribution in [2.24, 2.45) is 0 Å². The lowest BCUT2D eigenvalue weighted by atomic mass is 10.2. The lowest BCUT2D eigenvalue weighted by Crippen LogP contribution is -2.38. The van der Waals surface area contributed by atoms with Crippen LogP contribution >= 0.6 is 11.3 Å². The zero-order valence-corrected chi connectivity index (χ0v) is 13.1. The lowest BCUT2D eigenvalue weighted by Gasteiger charge is -2.33. The van der Waals surface area contributed by atoms with Gasteiger partial charge in [-0.15, -0.1) is 11.3 Å². The second-order valence-electron chi connectivity index (χ2n) is 5.23. The second-order valence-corrected chi connectivity index (χ2v) is 5.95. The van der Waals surface area contributed by atoms with Gasteiger partial charge in [-0.3, -0.25) is 9.88 Å². The number of ether oxygens (including phenoxy) is 1. The molecule has 0 aliphatic carbocycles. The van der Waals surface area contributed by atoms with Gasteiger partial charge in [0.1, 0.15) is 11.8 Å². The van der Waals surface area contributed by atoms with Crippen molar-refractivity contribution in [3.05, 3.63) is 34.7 Å². The third-order valence-corrected chi connectivity index (χ3v) is 4.09. The van der Waals surface area contributed by atoms with Crippen LogP contribution in [-0.4, -0.2) is 53.6 Å². The van der Waals surface area contributed by atoms with E-state index in [0.717, 1.165) is 36.8 Å². The monoisotopic (exact) mass is 305 g/mol. The summed E-state index contributed by atoms with van der Waals surface area (Å²) in [6.45, 7) is 3.31. The van der Waals surface area contributed by atoms with Gasteiger partial charge >= 0.3 is 0 Å². The van der Waals surface area contributed by atoms with Crippen LogP contribution in [0.15, 0.2) is 23.3 Å². The quantitative estimate of drug-likeness (QED) is 0.855. The molecular weight excluding hydrogens is 286 g/mol. The minimum absolute atomic E-state index is 0.0384. The molecule has 6 nitrogen and oxygen atoms in total. The fraction of sp³-hybridized carbons (Fsp3) is 0.500. The number of rotatable bonds is 4. The Labute approximate surface area is 128 Å². The fourth-order valence-corrected chi connectivity index (χ4v) is 3.02. The third-order valence-electron chi connectivity index (χ3n) is 3.45. The Morgan fingerprint density at radius 2 is 2.19 bits per heavy atom. The summed E-state index contributed by atoms with van der Waals surface area (Å²) in [6, 6.07) is 0. The van der Waals surface area contributed by atoms with E-state index in [1.807, 2.05) is 24.5 Å². The van der Waals surface area contributed by atoms with Gasteiger partial charge in [0.15, 0.2) is 5.82 Å². The van der Waals surface area contributed by atoms with Gasteiger partial charge in [-0.2, -0.15) is 0 Å². The number of thiazole rings is 1. The smallest absolute Gasteiger partial charge is 0.152 e. The van der Waals surface area contributed by atoms with Gasteiger partial charge in [-0.1, -0.05) is 0 Å². The highest BCUT2D eigenvalue weighted by atomic mass is 32.1. The molecule has 2 aromatic heterocycles. The van der Waals surface area contributed by atoms with E-state index in [-0.39, 0.29) is 6.10 Å². The first-order chi connectivity index (χ1) is 10.2. The standard InChI is InChI=1S/C14H19N5OS/c1-18(2)14-13(15-3-4-16-14)12-8-19(5-6-20-12)7-11-9-21-10-17-11/h3-4,9-10,12H,5-8H2,1-2H3/t12-/m0/s1. The van der Waals surface area contributed by atoms with E-state index in [0.29, 0.717) is 6.61 Å². The largest absolute Gasteiger partial charge is 0.369 e. The molecule has 7 heteroatoms. The molecule has 1 aliphatic heterocycles. The Morgan fingerprint density at radius 1 is 1.33 bits per heavy atom. The minimum atomic E-state index is -0.0384. The second kappa shape index (κ2) is 6.46. The van der Waals surface area contributed by atoms with Crippen LogP contribution in [0.2, 0.25) is 0 Å². The number of morpholine rings is 1. The molecule has 1 fully saturated rings. The van der Waals surface area contributed by atoms with Gasteiger partial charge in [-0.05, 0) is 0 Å². The molecule has 112 valence electrons. The van der Waals surface area contributed by atoms with Crippen molar-refractivity contribution < 1.29 is 4.74 Å². The van der Waals surface area contributed by atoms with Crippen LogP contribution in [0.1, 0.15) is 17.5 Å². The molecule has 0 unspecified atom stereocenters. The fourth-order valence-electron chi connectivity index (χ4n) is 2.47. The number of nitrogens with zero attached hydrogens (tertiary/aromatic N) is 5. The van der Waals surface area contributed by atoms with Crippen molar-refractivity contribution in [1.29, 1.82) is 0 Å². The van der Waals surface area contributed by atoms with Crippen molar-refractivity contribution >= 4 is 17.2 Å². The number of hydrogen-bond donors (Lipinski definition) is 0. The average molecular weight is 305 g/mol. The van der Waals surface area contributed by atoms with Crippen LogP contribution in [-0.2, 0) is 11.3 Å². The summed E-state index contributed by atoms with van der Waals surface area (Å²) in [6.07, 6.45) is 3.41. The van der Waals surface area contributed by atoms with Crippen molar-refractivity contribution in [3.63, 3.8) is 0 Å². The Morgan fingerprint density at radius 3 is 2.95 bits per heavy atom. The first kappa shape index (κ1) is 14.4. The average Bonchev–Trinajstić information content (AvgIpc) is 3.00. The normalized spacial score (nSPS) is 19.6. The van der Waals surface area contributed by atoms with E-state index in [9.17, 15) is 0 Å². The topological polar surface area (TPSA) is 54.4 Å². The number of hydrogen-bond acceptors (Lipinski definition) is 7. The predicted octanol–water partition coefficient (Wildman–Crippen LogP) is 1.57. The molecule has 1 saturated heterocycles. The van der Waals surface area contributed by atoms with Crippen molar-refractivity contribution in [1.82, 2.24) is 19.9 Å². The molecule has 1 atom stereocenters. The maximum absolute atomic E-state index is 5.92. The summed E-state index contributed by atoms with van der Waals surface area (Å²) >= 11 is 1.63. The molecular formula is C14H19N5OS. The van der Waals surface area contributed by atoms with Gasteiger partial charge in [0.2, 0.25) is 0 Å². The van der Waals surface area contributed by atoms with Gasteiger partial charge in [0, 0.05) is 51.5 Å². The molecule has 0 spiro atoms. The Hall–Kier alpha value is -1.57. The van der Waals surface area contributed by atoms with E-state index in [1.165, 1.54) is 0 Å². The van der Waals surface area contributed by atoms with Gasteiger partial charge in [-0.25, -0.2) is 9.97 Å². The number of aromatic nitrogens is 3. The minimum Gasteiger partial charge on any atom is -0.369 e. The highest BCUT2D eigenvalue weighted by Crippen LogP contribution is 2.27. The van der Waals surface area contributed by atoms with E-state index in [2.05, 4.69) is 25.2 Å². The van der Waals surface area contributed by atoms with Gasteiger partial charge < -0.3 is 9.64 Å². The van der Waals surface area contributed by atoms with Crippen LogP contribution in [0.25, 0.3) is 0 Å². The molecule has 0 amide bonds. The van der Waals surface area contributed by atoms with Crippen LogP contribution in [0.4, 0.5) is 5.82 Å². The molecule has 0 saturated carbocycles. The molecule has 21 heavy (non-hydrogen) atoms. The lowest BCUT2D eigenvalue weighted by molar-refractivity contribution is -0.0351. The van der Waals surface area contributed by atoms with Crippen LogP contribution in [0.5, 0.6) is 0 Å².